The van der Waals surface area contributed by atoms with E-state index < -0.39 is 5.92 Å². The number of nitrogens with zero attached hydrogens (tertiary/aromatic N) is 2. The van der Waals surface area contributed by atoms with Gasteiger partial charge >= 0.3 is 0 Å². The molecule has 1 aromatic rings. The Morgan fingerprint density at radius 1 is 1.12 bits per heavy atom. The Hall–Kier alpha value is -1.59. The summed E-state index contributed by atoms with van der Waals surface area (Å²) in [6.45, 7) is 5.95. The summed E-state index contributed by atoms with van der Waals surface area (Å²) in [6, 6.07) is 6.14. The lowest BCUT2D eigenvalue weighted by Crippen LogP contribution is -2.49. The van der Waals surface area contributed by atoms with Crippen LogP contribution in [-0.2, 0) is 9.59 Å². The van der Waals surface area contributed by atoms with Crippen molar-refractivity contribution in [2.24, 2.45) is 11.7 Å². The quantitative estimate of drug-likeness (QED) is 0.829. The van der Waals surface area contributed by atoms with Crippen molar-refractivity contribution in [2.45, 2.75) is 39.2 Å². The number of likely N-dealkylation sites (tertiary alicyclic amines) is 1. The molecule has 0 saturated carbocycles. The van der Waals surface area contributed by atoms with Crippen LogP contribution < -0.4 is 10.6 Å². The van der Waals surface area contributed by atoms with Crippen LogP contribution in [0.3, 0.4) is 0 Å². The lowest BCUT2D eigenvalue weighted by molar-refractivity contribution is -0.140. The Balaban J connectivity index is 0.00000208. The lowest BCUT2D eigenvalue weighted by Gasteiger charge is -2.32. The SMILES string of the molecule is Cc1cc(C)cc(N2CCC(C(=O)N3CCCC(N)C3)C2=O)c1.Cl. The van der Waals surface area contributed by atoms with Gasteiger partial charge in [0.15, 0.2) is 0 Å². The van der Waals surface area contributed by atoms with Crippen molar-refractivity contribution >= 4 is 29.9 Å². The van der Waals surface area contributed by atoms with E-state index in [9.17, 15) is 9.59 Å². The van der Waals surface area contributed by atoms with E-state index in [0.29, 0.717) is 19.5 Å². The van der Waals surface area contributed by atoms with Gasteiger partial charge in [-0.15, -0.1) is 12.4 Å². The largest absolute Gasteiger partial charge is 0.340 e. The molecule has 3 rings (SSSR count). The summed E-state index contributed by atoms with van der Waals surface area (Å²) >= 11 is 0. The van der Waals surface area contributed by atoms with Gasteiger partial charge in [-0.1, -0.05) is 6.07 Å². The predicted molar refractivity (Wildman–Crippen MR) is 97.4 cm³/mol. The first kappa shape index (κ1) is 18.7. The molecule has 0 spiro atoms. The third kappa shape index (κ3) is 3.73. The van der Waals surface area contributed by atoms with Crippen molar-refractivity contribution in [1.29, 1.82) is 0 Å². The fourth-order valence-corrected chi connectivity index (χ4v) is 3.70. The number of hydrogen-bond acceptors (Lipinski definition) is 3. The van der Waals surface area contributed by atoms with Gasteiger partial charge in [0, 0.05) is 31.4 Å². The van der Waals surface area contributed by atoms with Gasteiger partial charge in [-0.2, -0.15) is 0 Å². The number of rotatable bonds is 2. The molecule has 0 aromatic heterocycles. The Kier molecular flexibility index (Phi) is 5.88. The molecule has 5 nitrogen and oxygen atoms in total. The van der Waals surface area contributed by atoms with Gasteiger partial charge in [0.25, 0.3) is 0 Å². The zero-order valence-corrected chi connectivity index (χ0v) is 15.1. The maximum Gasteiger partial charge on any atom is 0.239 e. The van der Waals surface area contributed by atoms with E-state index in [2.05, 4.69) is 6.07 Å². The number of halogens is 1. The maximum absolute atomic E-state index is 12.7. The van der Waals surface area contributed by atoms with Gasteiger partial charge in [-0.3, -0.25) is 9.59 Å². The number of piperidine rings is 1. The Morgan fingerprint density at radius 3 is 2.42 bits per heavy atom. The van der Waals surface area contributed by atoms with E-state index in [-0.39, 0.29) is 30.3 Å². The van der Waals surface area contributed by atoms with Crippen LogP contribution in [0.1, 0.15) is 30.4 Å². The van der Waals surface area contributed by atoms with Crippen LogP contribution in [0.25, 0.3) is 0 Å². The second kappa shape index (κ2) is 7.53. The molecular weight excluding hydrogens is 326 g/mol. The lowest BCUT2D eigenvalue weighted by atomic mass is 10.0. The first-order valence-corrected chi connectivity index (χ1v) is 8.40. The van der Waals surface area contributed by atoms with Crippen LogP contribution in [0.15, 0.2) is 18.2 Å². The van der Waals surface area contributed by atoms with E-state index in [1.165, 1.54) is 0 Å². The summed E-state index contributed by atoms with van der Waals surface area (Å²) in [7, 11) is 0. The average Bonchev–Trinajstić information content (AvgIpc) is 2.87. The van der Waals surface area contributed by atoms with Crippen molar-refractivity contribution in [3.05, 3.63) is 29.3 Å². The van der Waals surface area contributed by atoms with Crippen LogP contribution in [0.4, 0.5) is 5.69 Å². The van der Waals surface area contributed by atoms with Crippen molar-refractivity contribution in [3.8, 4) is 0 Å². The van der Waals surface area contributed by atoms with Gasteiger partial charge in [-0.05, 0) is 56.4 Å². The highest BCUT2D eigenvalue weighted by Gasteiger charge is 2.40. The second-order valence-corrected chi connectivity index (χ2v) is 6.86. The number of amides is 2. The van der Waals surface area contributed by atoms with Crippen LogP contribution in [0.2, 0.25) is 0 Å². The molecule has 2 atom stereocenters. The number of hydrogen-bond donors (Lipinski definition) is 1. The highest BCUT2D eigenvalue weighted by atomic mass is 35.5. The summed E-state index contributed by atoms with van der Waals surface area (Å²) in [6.07, 6.45) is 2.47. The van der Waals surface area contributed by atoms with Crippen LogP contribution in [-0.4, -0.2) is 42.4 Å². The molecule has 2 aliphatic heterocycles. The Labute approximate surface area is 149 Å². The third-order valence-electron chi connectivity index (χ3n) is 4.79. The van der Waals surface area contributed by atoms with E-state index in [4.69, 9.17) is 5.73 Å². The highest BCUT2D eigenvalue weighted by molar-refractivity contribution is 6.09. The molecular formula is C18H26ClN3O2. The molecule has 2 amide bonds. The molecule has 2 heterocycles. The highest BCUT2D eigenvalue weighted by Crippen LogP contribution is 2.28. The molecule has 2 fully saturated rings. The van der Waals surface area contributed by atoms with E-state index in [0.717, 1.165) is 36.2 Å². The zero-order valence-electron chi connectivity index (χ0n) is 14.3. The second-order valence-electron chi connectivity index (χ2n) is 6.86. The molecule has 2 saturated heterocycles. The van der Waals surface area contributed by atoms with Crippen molar-refractivity contribution in [3.63, 3.8) is 0 Å². The van der Waals surface area contributed by atoms with E-state index in [1.54, 1.807) is 9.80 Å². The average molecular weight is 352 g/mol. The minimum absolute atomic E-state index is 0. The molecule has 0 aliphatic carbocycles. The number of carbonyl (C=O) groups excluding carboxylic acids is 2. The Morgan fingerprint density at radius 2 is 1.79 bits per heavy atom. The molecule has 2 unspecified atom stereocenters. The summed E-state index contributed by atoms with van der Waals surface area (Å²) in [5.74, 6) is -0.655. The van der Waals surface area contributed by atoms with Gasteiger partial charge < -0.3 is 15.5 Å². The van der Waals surface area contributed by atoms with Crippen molar-refractivity contribution in [1.82, 2.24) is 4.90 Å². The number of nitrogens with two attached hydrogens (primary N) is 1. The van der Waals surface area contributed by atoms with Gasteiger partial charge in [-0.25, -0.2) is 0 Å². The molecule has 6 heteroatoms. The summed E-state index contributed by atoms with van der Waals surface area (Å²) in [5, 5.41) is 0. The first-order valence-electron chi connectivity index (χ1n) is 8.40. The smallest absolute Gasteiger partial charge is 0.239 e. The number of benzene rings is 1. The topological polar surface area (TPSA) is 66.6 Å². The number of carbonyl (C=O) groups is 2. The van der Waals surface area contributed by atoms with E-state index in [1.807, 2.05) is 26.0 Å². The molecule has 0 bridgehead atoms. The molecule has 1 aromatic carbocycles. The minimum Gasteiger partial charge on any atom is -0.340 e. The van der Waals surface area contributed by atoms with Crippen molar-refractivity contribution in [2.75, 3.05) is 24.5 Å². The molecule has 0 radical (unpaired) electrons. The molecule has 2 aliphatic rings. The minimum atomic E-state index is -0.541. The molecule has 24 heavy (non-hydrogen) atoms. The van der Waals surface area contributed by atoms with Crippen LogP contribution in [0, 0.1) is 19.8 Å². The van der Waals surface area contributed by atoms with Gasteiger partial charge in [0.05, 0.1) is 0 Å². The fourth-order valence-electron chi connectivity index (χ4n) is 3.70. The zero-order chi connectivity index (χ0) is 16.6. The number of aryl methyl sites for hydroxylation is 2. The first-order chi connectivity index (χ1) is 11.0. The normalized spacial score (nSPS) is 24.0. The van der Waals surface area contributed by atoms with Crippen molar-refractivity contribution < 1.29 is 9.59 Å². The van der Waals surface area contributed by atoms with E-state index >= 15 is 0 Å². The maximum atomic E-state index is 12.7. The fraction of sp³-hybridized carbons (Fsp3) is 0.556. The monoisotopic (exact) mass is 351 g/mol. The third-order valence-corrected chi connectivity index (χ3v) is 4.79. The van der Waals surface area contributed by atoms with Crippen LogP contribution in [0.5, 0.6) is 0 Å². The molecule has 2 N–H and O–H groups in total. The number of anilines is 1. The summed E-state index contributed by atoms with van der Waals surface area (Å²) in [5.41, 5.74) is 9.12. The summed E-state index contributed by atoms with van der Waals surface area (Å²) < 4.78 is 0. The van der Waals surface area contributed by atoms with Crippen LogP contribution >= 0.6 is 12.4 Å². The van der Waals surface area contributed by atoms with Gasteiger partial charge in [0.1, 0.15) is 5.92 Å². The Bertz CT molecular complexity index is 614. The summed E-state index contributed by atoms with van der Waals surface area (Å²) in [4.78, 5) is 29.0. The standard InChI is InChI=1S/C18H25N3O2.ClH/c1-12-8-13(2)10-15(9-12)21-7-5-16(18(21)23)17(22)20-6-3-4-14(19)11-20;/h8-10,14,16H,3-7,11,19H2,1-2H3;1H. The predicted octanol–water partition coefficient (Wildman–Crippen LogP) is 2.03. The van der Waals surface area contributed by atoms with Gasteiger partial charge in [0.2, 0.25) is 11.8 Å². The molecule has 132 valence electrons.